The van der Waals surface area contributed by atoms with Crippen LogP contribution in [0, 0.1) is 3.57 Å². The zero-order valence-electron chi connectivity index (χ0n) is 9.40. The van der Waals surface area contributed by atoms with Gasteiger partial charge in [-0.2, -0.15) is 5.10 Å². The monoisotopic (exact) mass is 361 g/mol. The third-order valence-electron chi connectivity index (χ3n) is 2.39. The van der Waals surface area contributed by atoms with Gasteiger partial charge in [0.25, 0.3) is 0 Å². The molecule has 0 aliphatic heterocycles. The fraction of sp³-hybridized carbons (Fsp3) is 0.250. The first-order valence-corrected chi connectivity index (χ1v) is 6.77. The molecule has 1 heterocycles. The second-order valence-corrected chi connectivity index (χ2v) is 5.68. The molecule has 5 heteroatoms. The SMILES string of the molecule is CC(N)Cc1cccc(Cl)c1-n1cc(I)cn1. The van der Waals surface area contributed by atoms with Crippen LogP contribution >= 0.6 is 34.2 Å². The van der Waals surface area contributed by atoms with E-state index in [1.807, 2.05) is 36.0 Å². The van der Waals surface area contributed by atoms with Gasteiger partial charge in [0, 0.05) is 12.2 Å². The minimum absolute atomic E-state index is 0.0989. The van der Waals surface area contributed by atoms with E-state index in [0.717, 1.165) is 21.2 Å². The fourth-order valence-corrected chi connectivity index (χ4v) is 2.42. The summed E-state index contributed by atoms with van der Waals surface area (Å²) in [6.07, 6.45) is 4.54. The first-order chi connectivity index (χ1) is 8.08. The third-order valence-corrected chi connectivity index (χ3v) is 3.25. The van der Waals surface area contributed by atoms with Crippen LogP contribution in [0.2, 0.25) is 5.02 Å². The zero-order valence-corrected chi connectivity index (χ0v) is 12.3. The topological polar surface area (TPSA) is 43.8 Å². The summed E-state index contributed by atoms with van der Waals surface area (Å²) in [6.45, 7) is 1.98. The molecular weight excluding hydrogens is 349 g/mol. The van der Waals surface area contributed by atoms with E-state index < -0.39 is 0 Å². The molecule has 1 aromatic carbocycles. The number of benzene rings is 1. The normalized spacial score (nSPS) is 12.7. The quantitative estimate of drug-likeness (QED) is 0.854. The maximum atomic E-state index is 6.25. The summed E-state index contributed by atoms with van der Waals surface area (Å²) in [4.78, 5) is 0. The molecule has 0 fully saturated rings. The lowest BCUT2D eigenvalue weighted by molar-refractivity contribution is 0.727. The van der Waals surface area contributed by atoms with Gasteiger partial charge in [0.05, 0.1) is 20.5 Å². The molecule has 0 amide bonds. The average Bonchev–Trinajstić information content (AvgIpc) is 2.64. The van der Waals surface area contributed by atoms with Crippen molar-refractivity contribution < 1.29 is 0 Å². The molecular formula is C12H13ClIN3. The zero-order chi connectivity index (χ0) is 12.4. The van der Waals surface area contributed by atoms with Crippen molar-refractivity contribution in [2.45, 2.75) is 19.4 Å². The van der Waals surface area contributed by atoms with Gasteiger partial charge in [-0.25, -0.2) is 4.68 Å². The Labute approximate surface area is 119 Å². The summed E-state index contributed by atoms with van der Waals surface area (Å²) in [5.41, 5.74) is 7.90. The van der Waals surface area contributed by atoms with Crippen molar-refractivity contribution in [1.29, 1.82) is 0 Å². The summed E-state index contributed by atoms with van der Waals surface area (Å²) in [6, 6.07) is 5.95. The number of nitrogens with zero attached hydrogens (tertiary/aromatic N) is 2. The van der Waals surface area contributed by atoms with Gasteiger partial charge in [-0.15, -0.1) is 0 Å². The molecule has 3 nitrogen and oxygen atoms in total. The van der Waals surface area contributed by atoms with E-state index >= 15 is 0 Å². The van der Waals surface area contributed by atoms with Gasteiger partial charge in [0.1, 0.15) is 0 Å². The molecule has 90 valence electrons. The van der Waals surface area contributed by atoms with Gasteiger partial charge < -0.3 is 5.73 Å². The van der Waals surface area contributed by atoms with E-state index in [2.05, 4.69) is 27.7 Å². The summed E-state index contributed by atoms with van der Waals surface area (Å²) >= 11 is 8.48. The minimum Gasteiger partial charge on any atom is -0.328 e. The van der Waals surface area contributed by atoms with Gasteiger partial charge in [0.15, 0.2) is 0 Å². The van der Waals surface area contributed by atoms with Crippen LogP contribution in [0.15, 0.2) is 30.6 Å². The highest BCUT2D eigenvalue weighted by Crippen LogP contribution is 2.25. The van der Waals surface area contributed by atoms with E-state index in [9.17, 15) is 0 Å². The predicted molar refractivity (Wildman–Crippen MR) is 78.6 cm³/mol. The Bertz CT molecular complexity index is 522. The number of rotatable bonds is 3. The minimum atomic E-state index is 0.0989. The molecule has 0 aliphatic rings. The number of aromatic nitrogens is 2. The maximum Gasteiger partial charge on any atom is 0.0864 e. The Balaban J connectivity index is 2.50. The molecule has 1 atom stereocenters. The van der Waals surface area contributed by atoms with Crippen molar-refractivity contribution in [3.63, 3.8) is 0 Å². The van der Waals surface area contributed by atoms with Crippen LogP contribution < -0.4 is 5.73 Å². The average molecular weight is 362 g/mol. The van der Waals surface area contributed by atoms with Crippen LogP contribution in [0.25, 0.3) is 5.69 Å². The molecule has 0 saturated heterocycles. The lowest BCUT2D eigenvalue weighted by Crippen LogP contribution is -2.19. The second-order valence-electron chi connectivity index (χ2n) is 4.03. The molecule has 0 spiro atoms. The largest absolute Gasteiger partial charge is 0.328 e. The number of para-hydroxylation sites is 1. The van der Waals surface area contributed by atoms with Gasteiger partial charge in [-0.1, -0.05) is 23.7 Å². The highest BCUT2D eigenvalue weighted by molar-refractivity contribution is 14.1. The predicted octanol–water partition coefficient (Wildman–Crippen LogP) is 3.02. The van der Waals surface area contributed by atoms with Crippen molar-refractivity contribution in [2.75, 3.05) is 0 Å². The molecule has 0 bridgehead atoms. The molecule has 2 rings (SSSR count). The van der Waals surface area contributed by atoms with Gasteiger partial charge in [0.2, 0.25) is 0 Å². The van der Waals surface area contributed by atoms with E-state index in [4.69, 9.17) is 17.3 Å². The first-order valence-electron chi connectivity index (χ1n) is 5.31. The second kappa shape index (κ2) is 5.37. The number of hydrogen-bond donors (Lipinski definition) is 1. The summed E-state index contributed by atoms with van der Waals surface area (Å²) in [5, 5.41) is 5.00. The highest BCUT2D eigenvalue weighted by Gasteiger charge is 2.11. The molecule has 17 heavy (non-hydrogen) atoms. The van der Waals surface area contributed by atoms with Gasteiger partial charge in [-0.05, 0) is 47.6 Å². The fourth-order valence-electron chi connectivity index (χ4n) is 1.75. The van der Waals surface area contributed by atoms with Crippen LogP contribution in [0.4, 0.5) is 0 Å². The summed E-state index contributed by atoms with van der Waals surface area (Å²) in [7, 11) is 0. The van der Waals surface area contributed by atoms with Crippen molar-refractivity contribution in [2.24, 2.45) is 5.73 Å². The smallest absolute Gasteiger partial charge is 0.0864 e. The maximum absolute atomic E-state index is 6.25. The van der Waals surface area contributed by atoms with Crippen molar-refractivity contribution in [3.8, 4) is 5.69 Å². The van der Waals surface area contributed by atoms with Gasteiger partial charge >= 0.3 is 0 Å². The van der Waals surface area contributed by atoms with E-state index in [1.54, 1.807) is 6.20 Å². The highest BCUT2D eigenvalue weighted by atomic mass is 127. The Morgan fingerprint density at radius 2 is 2.29 bits per heavy atom. The van der Waals surface area contributed by atoms with Crippen molar-refractivity contribution >= 4 is 34.2 Å². The van der Waals surface area contributed by atoms with E-state index in [-0.39, 0.29) is 6.04 Å². The Morgan fingerprint density at radius 1 is 1.53 bits per heavy atom. The lowest BCUT2D eigenvalue weighted by Gasteiger charge is -2.13. The Hall–Kier alpha value is -0.590. The van der Waals surface area contributed by atoms with Crippen LogP contribution in [0.3, 0.4) is 0 Å². The lowest BCUT2D eigenvalue weighted by atomic mass is 10.1. The van der Waals surface area contributed by atoms with Crippen LogP contribution in [0.5, 0.6) is 0 Å². The molecule has 0 aliphatic carbocycles. The number of halogens is 2. The first kappa shape index (κ1) is 12.9. The van der Waals surface area contributed by atoms with E-state index in [0.29, 0.717) is 5.02 Å². The molecule has 1 unspecified atom stereocenters. The molecule has 1 aromatic heterocycles. The Morgan fingerprint density at radius 3 is 2.88 bits per heavy atom. The third kappa shape index (κ3) is 3.00. The molecule has 2 N–H and O–H groups in total. The van der Waals surface area contributed by atoms with E-state index in [1.165, 1.54) is 0 Å². The molecule has 0 saturated carbocycles. The summed E-state index contributed by atoms with van der Waals surface area (Å²) < 4.78 is 2.89. The molecule has 0 radical (unpaired) electrons. The standard InChI is InChI=1S/C12H13ClIN3/c1-8(15)5-9-3-2-4-11(13)12(9)17-7-10(14)6-16-17/h2-4,6-8H,5,15H2,1H3. The van der Waals surface area contributed by atoms with Crippen molar-refractivity contribution in [1.82, 2.24) is 9.78 Å². The van der Waals surface area contributed by atoms with Crippen LogP contribution in [0.1, 0.15) is 12.5 Å². The Kier molecular flexibility index (Phi) is 4.06. The van der Waals surface area contributed by atoms with Crippen LogP contribution in [-0.4, -0.2) is 15.8 Å². The summed E-state index contributed by atoms with van der Waals surface area (Å²) in [5.74, 6) is 0. The van der Waals surface area contributed by atoms with Crippen LogP contribution in [-0.2, 0) is 6.42 Å². The number of nitrogens with two attached hydrogens (primary N) is 1. The number of hydrogen-bond acceptors (Lipinski definition) is 2. The van der Waals surface area contributed by atoms with Gasteiger partial charge in [-0.3, -0.25) is 0 Å². The molecule has 2 aromatic rings. The van der Waals surface area contributed by atoms with Crippen molar-refractivity contribution in [3.05, 3.63) is 44.7 Å².